The van der Waals surface area contributed by atoms with Gasteiger partial charge in [0, 0.05) is 38.1 Å². The van der Waals surface area contributed by atoms with Crippen LogP contribution in [0.5, 0.6) is 5.75 Å². The number of aromatic amines is 1. The van der Waals surface area contributed by atoms with Crippen LogP contribution in [0, 0.1) is 11.3 Å². The molecule has 6 nitrogen and oxygen atoms in total. The van der Waals surface area contributed by atoms with Gasteiger partial charge in [0.05, 0.1) is 5.52 Å². The van der Waals surface area contributed by atoms with Gasteiger partial charge in [-0.3, -0.25) is 14.8 Å². The van der Waals surface area contributed by atoms with E-state index < -0.39 is 0 Å². The number of piperidine rings is 1. The summed E-state index contributed by atoms with van der Waals surface area (Å²) in [5.41, 5.74) is 3.10. The minimum absolute atomic E-state index is 0.0651. The first-order chi connectivity index (χ1) is 17.7. The van der Waals surface area contributed by atoms with Crippen LogP contribution in [-0.4, -0.2) is 65.2 Å². The van der Waals surface area contributed by atoms with Crippen molar-refractivity contribution in [2.45, 2.75) is 51.4 Å². The van der Waals surface area contributed by atoms with Gasteiger partial charge < -0.3 is 9.64 Å². The molecule has 2 aliphatic heterocycles. The zero-order chi connectivity index (χ0) is 24.4. The summed E-state index contributed by atoms with van der Waals surface area (Å²) < 4.78 is 6.29. The van der Waals surface area contributed by atoms with E-state index in [2.05, 4.69) is 39.4 Å². The van der Waals surface area contributed by atoms with E-state index in [0.29, 0.717) is 5.69 Å². The van der Waals surface area contributed by atoms with E-state index in [0.717, 1.165) is 74.6 Å². The second-order valence-electron chi connectivity index (χ2n) is 11.3. The maximum absolute atomic E-state index is 13.4. The van der Waals surface area contributed by atoms with Gasteiger partial charge in [-0.15, -0.1) is 0 Å². The third kappa shape index (κ3) is 5.15. The third-order valence-electron chi connectivity index (χ3n) is 8.60. The van der Waals surface area contributed by atoms with Gasteiger partial charge in [-0.05, 0) is 74.0 Å². The van der Waals surface area contributed by atoms with Crippen molar-refractivity contribution < 1.29 is 9.53 Å². The van der Waals surface area contributed by atoms with Crippen molar-refractivity contribution in [3.05, 3.63) is 59.8 Å². The van der Waals surface area contributed by atoms with Crippen LogP contribution in [0.1, 0.15) is 61.0 Å². The van der Waals surface area contributed by atoms with Crippen molar-refractivity contribution in [3.8, 4) is 5.75 Å². The fraction of sp³-hybridized carbons (Fsp3) is 0.533. The van der Waals surface area contributed by atoms with Gasteiger partial charge in [0.1, 0.15) is 12.4 Å². The molecule has 3 heterocycles. The van der Waals surface area contributed by atoms with Crippen LogP contribution >= 0.6 is 0 Å². The molecule has 1 aliphatic carbocycles. The molecule has 6 rings (SSSR count). The summed E-state index contributed by atoms with van der Waals surface area (Å²) in [6.07, 6.45) is 9.61. The number of fused-ring (bicyclic) bond motifs is 2. The monoisotopic (exact) mass is 486 g/mol. The minimum Gasteiger partial charge on any atom is -0.492 e. The molecule has 0 bridgehead atoms. The molecule has 36 heavy (non-hydrogen) atoms. The number of hydrogen-bond acceptors (Lipinski definition) is 4. The van der Waals surface area contributed by atoms with E-state index in [-0.39, 0.29) is 11.3 Å². The number of benzene rings is 2. The van der Waals surface area contributed by atoms with E-state index in [1.54, 1.807) is 0 Å². The lowest BCUT2D eigenvalue weighted by Gasteiger charge is -2.45. The normalized spacial score (nSPS) is 21.4. The molecule has 1 aromatic heterocycles. The number of aryl methyl sites for hydroxylation is 1. The Labute approximate surface area is 214 Å². The van der Waals surface area contributed by atoms with E-state index in [9.17, 15) is 4.79 Å². The van der Waals surface area contributed by atoms with Crippen LogP contribution < -0.4 is 4.74 Å². The molecule has 1 amide bonds. The summed E-state index contributed by atoms with van der Waals surface area (Å²) >= 11 is 0. The number of amides is 1. The standard InChI is InChI=1S/C30H38N4O2/c35-29(28-25-9-2-3-10-26(25)31-32-28)34-17-15-30(16-18-34)14-6-5-8-24-7-1-4-11-27(24)36-20-19-33(22-30)21-23-12-13-23/h1-4,7,9-11,23H,5-6,8,12-22H2,(H,31,32). The van der Waals surface area contributed by atoms with E-state index >= 15 is 0 Å². The largest absolute Gasteiger partial charge is 0.492 e. The second-order valence-corrected chi connectivity index (χ2v) is 11.3. The highest BCUT2D eigenvalue weighted by Gasteiger charge is 2.39. The summed E-state index contributed by atoms with van der Waals surface area (Å²) in [6.45, 7) is 5.68. The van der Waals surface area contributed by atoms with E-state index in [1.807, 2.05) is 29.2 Å². The van der Waals surface area contributed by atoms with Crippen molar-refractivity contribution >= 4 is 16.8 Å². The fourth-order valence-corrected chi connectivity index (χ4v) is 6.27. The molecular formula is C30H38N4O2. The molecule has 1 saturated carbocycles. The van der Waals surface area contributed by atoms with Crippen molar-refractivity contribution in [2.24, 2.45) is 11.3 Å². The van der Waals surface area contributed by atoms with Crippen LogP contribution in [0.2, 0.25) is 0 Å². The SMILES string of the molecule is O=C(c1n[nH]c2ccccc12)N1CCC2(CCCCc3ccccc3OCCN(CC3CC3)C2)CC1. The molecule has 6 heteroatoms. The van der Waals surface area contributed by atoms with Crippen LogP contribution in [0.15, 0.2) is 48.5 Å². The Morgan fingerprint density at radius 3 is 2.67 bits per heavy atom. The number of likely N-dealkylation sites (tertiary alicyclic amines) is 1. The maximum atomic E-state index is 13.4. The highest BCUT2D eigenvalue weighted by Crippen LogP contribution is 2.40. The lowest BCUT2D eigenvalue weighted by Crippen LogP contribution is -2.49. The highest BCUT2D eigenvalue weighted by molar-refractivity contribution is 6.04. The lowest BCUT2D eigenvalue weighted by atomic mass is 9.73. The maximum Gasteiger partial charge on any atom is 0.274 e. The van der Waals surface area contributed by atoms with Crippen molar-refractivity contribution in [3.63, 3.8) is 0 Å². The third-order valence-corrected chi connectivity index (χ3v) is 8.60. The first-order valence-corrected chi connectivity index (χ1v) is 13.8. The Kier molecular flexibility index (Phi) is 6.70. The molecule has 0 unspecified atom stereocenters. The molecule has 190 valence electrons. The highest BCUT2D eigenvalue weighted by atomic mass is 16.5. The van der Waals surface area contributed by atoms with Gasteiger partial charge in [-0.1, -0.05) is 42.8 Å². The van der Waals surface area contributed by atoms with Gasteiger partial charge in [0.15, 0.2) is 5.69 Å². The average molecular weight is 487 g/mol. The van der Waals surface area contributed by atoms with Crippen LogP contribution in [-0.2, 0) is 6.42 Å². The van der Waals surface area contributed by atoms with Crippen LogP contribution in [0.4, 0.5) is 0 Å². The first kappa shape index (κ1) is 23.5. The Balaban J connectivity index is 1.16. The number of aromatic nitrogens is 2. The molecule has 3 aromatic rings. The first-order valence-electron chi connectivity index (χ1n) is 13.8. The molecule has 3 aliphatic rings. The molecule has 1 N–H and O–H groups in total. The molecule has 2 fully saturated rings. The number of H-pyrrole nitrogens is 1. The molecule has 0 atom stereocenters. The van der Waals surface area contributed by atoms with E-state index in [1.165, 1.54) is 44.2 Å². The van der Waals surface area contributed by atoms with Crippen molar-refractivity contribution in [1.82, 2.24) is 20.0 Å². The summed E-state index contributed by atoms with van der Waals surface area (Å²) in [6, 6.07) is 16.5. The number of nitrogens with zero attached hydrogens (tertiary/aromatic N) is 3. The number of rotatable bonds is 3. The van der Waals surface area contributed by atoms with Gasteiger partial charge in [0.25, 0.3) is 5.91 Å². The topological polar surface area (TPSA) is 61.5 Å². The number of carbonyl (C=O) groups is 1. The molecular weight excluding hydrogens is 448 g/mol. The van der Waals surface area contributed by atoms with Gasteiger partial charge in [-0.25, -0.2) is 0 Å². The second kappa shape index (κ2) is 10.3. The number of nitrogens with one attached hydrogen (secondary N) is 1. The summed E-state index contributed by atoms with van der Waals surface area (Å²) in [7, 11) is 0. The van der Waals surface area contributed by atoms with Gasteiger partial charge >= 0.3 is 0 Å². The number of para-hydroxylation sites is 2. The predicted octanol–water partition coefficient (Wildman–Crippen LogP) is 5.30. The zero-order valence-electron chi connectivity index (χ0n) is 21.3. The zero-order valence-corrected chi connectivity index (χ0v) is 21.3. The Hall–Kier alpha value is -2.86. The van der Waals surface area contributed by atoms with Crippen LogP contribution in [0.25, 0.3) is 10.9 Å². The van der Waals surface area contributed by atoms with Crippen molar-refractivity contribution in [1.29, 1.82) is 0 Å². The van der Waals surface area contributed by atoms with Gasteiger partial charge in [-0.2, -0.15) is 5.10 Å². The number of hydrogen-bond donors (Lipinski definition) is 1. The Bertz CT molecular complexity index is 1190. The summed E-state index contributed by atoms with van der Waals surface area (Å²) in [5, 5.41) is 8.32. The number of ether oxygens (including phenoxy) is 1. The van der Waals surface area contributed by atoms with E-state index in [4.69, 9.17) is 4.74 Å². The fourth-order valence-electron chi connectivity index (χ4n) is 6.27. The summed E-state index contributed by atoms with van der Waals surface area (Å²) in [4.78, 5) is 18.1. The summed E-state index contributed by atoms with van der Waals surface area (Å²) in [5.74, 6) is 1.99. The Morgan fingerprint density at radius 1 is 1.00 bits per heavy atom. The predicted molar refractivity (Wildman–Crippen MR) is 142 cm³/mol. The molecule has 0 radical (unpaired) electrons. The average Bonchev–Trinajstić information content (AvgIpc) is 3.61. The van der Waals surface area contributed by atoms with Gasteiger partial charge in [0.2, 0.25) is 0 Å². The lowest BCUT2D eigenvalue weighted by molar-refractivity contribution is 0.0366. The molecule has 2 aromatic carbocycles. The smallest absolute Gasteiger partial charge is 0.274 e. The minimum atomic E-state index is 0.0651. The molecule has 1 spiro atoms. The number of carbonyl (C=O) groups excluding carboxylic acids is 1. The van der Waals surface area contributed by atoms with Crippen LogP contribution in [0.3, 0.4) is 0 Å². The quantitative estimate of drug-likeness (QED) is 0.546. The Morgan fingerprint density at radius 2 is 1.81 bits per heavy atom. The molecule has 1 saturated heterocycles. The van der Waals surface area contributed by atoms with Crippen molar-refractivity contribution in [2.75, 3.05) is 39.3 Å².